The van der Waals surface area contributed by atoms with Crippen molar-refractivity contribution in [3.05, 3.63) is 59.8 Å². The van der Waals surface area contributed by atoms with Gasteiger partial charge in [0.2, 0.25) is 0 Å². The third-order valence-corrected chi connectivity index (χ3v) is 6.29. The molecule has 0 saturated carbocycles. The second-order valence-corrected chi connectivity index (χ2v) is 9.11. The zero-order valence-corrected chi connectivity index (χ0v) is 19.4. The molecule has 8 heteroatoms. The van der Waals surface area contributed by atoms with Crippen LogP contribution in [0.1, 0.15) is 37.3 Å². The van der Waals surface area contributed by atoms with Gasteiger partial charge in [-0.25, -0.2) is 4.99 Å². The van der Waals surface area contributed by atoms with Crippen molar-refractivity contribution in [2.75, 3.05) is 12.5 Å². The molecule has 1 unspecified atom stereocenters. The largest absolute Gasteiger partial charge is 0.507 e. The first-order valence-corrected chi connectivity index (χ1v) is 11.6. The van der Waals surface area contributed by atoms with E-state index in [4.69, 9.17) is 16.2 Å². The summed E-state index contributed by atoms with van der Waals surface area (Å²) in [5, 5.41) is 11.2. The first-order chi connectivity index (χ1) is 15.3. The Kier molecular flexibility index (Phi) is 7.82. The van der Waals surface area contributed by atoms with Crippen molar-refractivity contribution in [3.8, 4) is 5.75 Å². The van der Waals surface area contributed by atoms with Gasteiger partial charge in [-0.05, 0) is 47.9 Å². The average Bonchev–Trinajstić information content (AvgIpc) is 3.34. The summed E-state index contributed by atoms with van der Waals surface area (Å²) in [6.07, 6.45) is 2.83. The lowest BCUT2D eigenvalue weighted by atomic mass is 10.00. The van der Waals surface area contributed by atoms with Crippen LogP contribution in [0.15, 0.2) is 53.7 Å². The zero-order valence-electron chi connectivity index (χ0n) is 18.6. The number of esters is 1. The number of fused-ring (bicyclic) bond motifs is 1. The molecule has 0 bridgehead atoms. The van der Waals surface area contributed by atoms with Crippen molar-refractivity contribution in [3.63, 3.8) is 0 Å². The molecule has 0 aliphatic carbocycles. The minimum atomic E-state index is -0.106. The van der Waals surface area contributed by atoms with E-state index in [1.54, 1.807) is 6.07 Å². The molecule has 1 aliphatic heterocycles. The number of phenols is 1. The number of rotatable bonds is 5. The summed E-state index contributed by atoms with van der Waals surface area (Å²) < 4.78 is 6.76. The van der Waals surface area contributed by atoms with Gasteiger partial charge >= 0.3 is 5.97 Å². The number of carbonyl (C=O) groups excluding carboxylic acids is 1. The van der Waals surface area contributed by atoms with Crippen LogP contribution in [-0.4, -0.2) is 39.2 Å². The van der Waals surface area contributed by atoms with E-state index in [-0.39, 0.29) is 17.0 Å². The zero-order chi connectivity index (χ0) is 23.3. The molecule has 1 aliphatic rings. The normalized spacial score (nSPS) is 16.2. The number of amidine groups is 1. The van der Waals surface area contributed by atoms with Gasteiger partial charge in [-0.15, -0.1) is 11.8 Å². The number of ether oxygens (including phenoxy) is 1. The standard InChI is InChI=1S/C19H21N3O.C5H9NO2S/c1-12(2)13-4-7-18(23)16(11-13)19(20)21-15-5-6-17-14(10-15)8-9-22(17)3;6-3-9-4-1-2-8-5(4)7/h4-12,23H,1-3H3,(H2,20,21);4H,1-3,6H2. The molecule has 7 nitrogen and oxygen atoms in total. The van der Waals surface area contributed by atoms with Gasteiger partial charge < -0.3 is 25.9 Å². The first-order valence-electron chi connectivity index (χ1n) is 10.5. The minimum absolute atomic E-state index is 0.00926. The lowest BCUT2D eigenvalue weighted by molar-refractivity contribution is -0.137. The smallest absolute Gasteiger partial charge is 0.319 e. The highest BCUT2D eigenvalue weighted by molar-refractivity contribution is 8.00. The number of aromatic hydroxyl groups is 1. The summed E-state index contributed by atoms with van der Waals surface area (Å²) in [6, 6.07) is 13.5. The maximum absolute atomic E-state index is 10.7. The molecule has 0 spiro atoms. The number of benzene rings is 2. The second kappa shape index (κ2) is 10.6. The van der Waals surface area contributed by atoms with Crippen LogP contribution in [0.3, 0.4) is 0 Å². The van der Waals surface area contributed by atoms with Gasteiger partial charge in [0.05, 0.1) is 17.9 Å². The molecular formula is C24H30N4O3S. The second-order valence-electron chi connectivity index (χ2n) is 7.88. The van der Waals surface area contributed by atoms with Crippen LogP contribution in [0.5, 0.6) is 5.75 Å². The Balaban J connectivity index is 0.000000269. The fourth-order valence-corrected chi connectivity index (χ4v) is 4.10. The summed E-state index contributed by atoms with van der Waals surface area (Å²) in [6.45, 7) is 4.77. The highest BCUT2D eigenvalue weighted by atomic mass is 32.2. The van der Waals surface area contributed by atoms with Gasteiger partial charge in [0.25, 0.3) is 0 Å². The highest BCUT2D eigenvalue weighted by Gasteiger charge is 2.25. The van der Waals surface area contributed by atoms with Crippen molar-refractivity contribution in [1.82, 2.24) is 4.57 Å². The molecular weight excluding hydrogens is 424 g/mol. The Morgan fingerprint density at radius 3 is 2.72 bits per heavy atom. The molecule has 0 amide bonds. The number of phenolic OH excluding ortho intramolecular Hbond substituents is 1. The lowest BCUT2D eigenvalue weighted by Crippen LogP contribution is -2.13. The van der Waals surface area contributed by atoms with Crippen LogP contribution < -0.4 is 11.5 Å². The monoisotopic (exact) mass is 454 g/mol. The number of aryl methyl sites for hydroxylation is 1. The van der Waals surface area contributed by atoms with Gasteiger partial charge in [-0.3, -0.25) is 4.79 Å². The van der Waals surface area contributed by atoms with Crippen molar-refractivity contribution in [2.45, 2.75) is 31.4 Å². The van der Waals surface area contributed by atoms with Crippen LogP contribution >= 0.6 is 11.8 Å². The Morgan fingerprint density at radius 1 is 1.28 bits per heavy atom. The van der Waals surface area contributed by atoms with E-state index in [0.717, 1.165) is 28.6 Å². The molecule has 170 valence electrons. The number of hydrogen-bond donors (Lipinski definition) is 3. The molecule has 1 saturated heterocycles. The predicted octanol–water partition coefficient (Wildman–Crippen LogP) is 4.00. The molecule has 4 rings (SSSR count). The first kappa shape index (κ1) is 23.7. The van der Waals surface area contributed by atoms with E-state index >= 15 is 0 Å². The quantitative estimate of drug-likeness (QED) is 0.232. The number of cyclic esters (lactones) is 1. The van der Waals surface area contributed by atoms with Crippen molar-refractivity contribution in [1.29, 1.82) is 0 Å². The van der Waals surface area contributed by atoms with Crippen LogP contribution in [0.2, 0.25) is 0 Å². The molecule has 32 heavy (non-hydrogen) atoms. The number of aliphatic imine (C=N–C) groups is 1. The molecule has 1 aromatic heterocycles. The molecule has 1 fully saturated rings. The molecule has 2 aromatic carbocycles. The van der Waals surface area contributed by atoms with E-state index in [1.165, 1.54) is 11.8 Å². The third kappa shape index (κ3) is 5.63. The summed E-state index contributed by atoms with van der Waals surface area (Å²) >= 11 is 1.45. The fraction of sp³-hybridized carbons (Fsp3) is 0.333. The molecule has 5 N–H and O–H groups in total. The number of aromatic nitrogens is 1. The van der Waals surface area contributed by atoms with Crippen LogP contribution in [0.4, 0.5) is 5.69 Å². The van der Waals surface area contributed by atoms with Gasteiger partial charge in [-0.1, -0.05) is 19.9 Å². The number of nitrogens with two attached hydrogens (primary N) is 2. The van der Waals surface area contributed by atoms with Crippen LogP contribution in [0.25, 0.3) is 10.9 Å². The Bertz CT molecular complexity index is 1120. The van der Waals surface area contributed by atoms with Gasteiger partial charge in [0, 0.05) is 36.4 Å². The number of carbonyl (C=O) groups is 1. The summed E-state index contributed by atoms with van der Waals surface area (Å²) in [4.78, 5) is 15.1. The van der Waals surface area contributed by atoms with Crippen LogP contribution in [0, 0.1) is 0 Å². The Labute approximate surface area is 192 Å². The van der Waals surface area contributed by atoms with Gasteiger partial charge in [0.1, 0.15) is 16.8 Å². The fourth-order valence-electron chi connectivity index (χ4n) is 3.40. The van der Waals surface area contributed by atoms with E-state index < -0.39 is 0 Å². The summed E-state index contributed by atoms with van der Waals surface area (Å²) in [7, 11) is 2.01. The lowest BCUT2D eigenvalue weighted by Gasteiger charge is -2.10. The van der Waals surface area contributed by atoms with Gasteiger partial charge in [0.15, 0.2) is 0 Å². The Morgan fingerprint density at radius 2 is 2.06 bits per heavy atom. The predicted molar refractivity (Wildman–Crippen MR) is 132 cm³/mol. The van der Waals surface area contributed by atoms with E-state index in [1.807, 2.05) is 49.6 Å². The number of nitrogens with zero attached hydrogens (tertiary/aromatic N) is 2. The van der Waals surface area contributed by atoms with E-state index in [9.17, 15) is 9.90 Å². The molecule has 2 heterocycles. The van der Waals surface area contributed by atoms with Crippen LogP contribution in [-0.2, 0) is 16.6 Å². The van der Waals surface area contributed by atoms with Gasteiger partial charge in [-0.2, -0.15) is 0 Å². The highest BCUT2D eigenvalue weighted by Crippen LogP contribution is 2.26. The number of thioether (sulfide) groups is 1. The maximum Gasteiger partial charge on any atom is 0.319 e. The molecule has 3 aromatic rings. The van der Waals surface area contributed by atoms with Crippen molar-refractivity contribution < 1.29 is 14.6 Å². The maximum atomic E-state index is 10.7. The van der Waals surface area contributed by atoms with Crippen molar-refractivity contribution >= 4 is 40.2 Å². The Hall–Kier alpha value is -2.97. The minimum Gasteiger partial charge on any atom is -0.507 e. The SMILES string of the molecule is CC(C)c1ccc(O)c(C(N)=Nc2ccc3c(ccn3C)c2)c1.NCSC1CCOC1=O. The van der Waals surface area contributed by atoms with Crippen molar-refractivity contribution in [2.24, 2.45) is 23.5 Å². The summed E-state index contributed by atoms with van der Waals surface area (Å²) in [5.41, 5.74) is 15.0. The van der Waals surface area contributed by atoms with E-state index in [2.05, 4.69) is 23.4 Å². The topological polar surface area (TPSA) is 116 Å². The third-order valence-electron chi connectivity index (χ3n) is 5.27. The van der Waals surface area contributed by atoms with E-state index in [0.29, 0.717) is 29.8 Å². The molecule has 0 radical (unpaired) electrons. The summed E-state index contributed by atoms with van der Waals surface area (Å²) in [5.74, 6) is 1.23. The molecule has 1 atom stereocenters. The average molecular weight is 455 g/mol. The number of hydrogen-bond acceptors (Lipinski definition) is 6.